The molecule has 0 spiro atoms. The van der Waals surface area contributed by atoms with Gasteiger partial charge in [0.25, 0.3) is 0 Å². The maximum Gasteiger partial charge on any atom is 0.135 e. The van der Waals surface area contributed by atoms with Gasteiger partial charge in [-0.25, -0.2) is 4.98 Å². The van der Waals surface area contributed by atoms with Gasteiger partial charge in [0.15, 0.2) is 0 Å². The average molecular weight is 1070 g/mol. The smallest absolute Gasteiger partial charge is 0.135 e. The molecular formula is C62H59N4OPt-3. The van der Waals surface area contributed by atoms with Crippen LogP contribution in [0.3, 0.4) is 0 Å². The Labute approximate surface area is 417 Å². The van der Waals surface area contributed by atoms with Crippen molar-refractivity contribution in [1.82, 2.24) is 9.55 Å². The molecule has 0 unspecified atom stereocenters. The fraction of sp³-hybridized carbons (Fsp3) is 0.226. The number of aromatic nitrogens is 2. The van der Waals surface area contributed by atoms with Gasteiger partial charge in [-0.15, -0.1) is 53.6 Å². The van der Waals surface area contributed by atoms with Crippen LogP contribution >= 0.6 is 0 Å². The van der Waals surface area contributed by atoms with E-state index in [1.54, 1.807) is 0 Å². The molecule has 0 radical (unpaired) electrons. The first-order valence-electron chi connectivity index (χ1n) is 23.4. The molecule has 10 rings (SSSR count). The van der Waals surface area contributed by atoms with Crippen molar-refractivity contribution in [2.45, 2.75) is 90.9 Å². The Bertz CT molecular complexity index is 3270. The first-order valence-corrected chi connectivity index (χ1v) is 23.4. The second-order valence-corrected chi connectivity index (χ2v) is 21.1. The minimum atomic E-state index is -0.368. The quantitative estimate of drug-likeness (QED) is 0.135. The second kappa shape index (κ2) is 17.6. The van der Waals surface area contributed by atoms with E-state index in [1.807, 2.05) is 12.3 Å². The van der Waals surface area contributed by atoms with Gasteiger partial charge in [0.1, 0.15) is 5.82 Å². The van der Waals surface area contributed by atoms with Crippen molar-refractivity contribution >= 4 is 44.6 Å². The Morgan fingerprint density at radius 3 is 1.72 bits per heavy atom. The number of hydrogen-bond acceptors (Lipinski definition) is 4. The van der Waals surface area contributed by atoms with Crippen molar-refractivity contribution in [3.05, 3.63) is 222 Å². The minimum Gasteiger partial charge on any atom is -0.509 e. The SMILES string of the molecule is CC(C)(C)c1ccnc(-n2c3[c-]c(Oc4[c-]c(N5[CH-]N(c6ccc(C(C)(C)c7ccccc7)cc6)c6cc(C(C)(C)C)ccc65)cc(C(C)(C)c5ccccc5)c4)ccc3c3ccccc32)c1.[Pt]. The van der Waals surface area contributed by atoms with Gasteiger partial charge in [-0.1, -0.05) is 172 Å². The van der Waals surface area contributed by atoms with E-state index in [0.717, 1.165) is 55.9 Å². The van der Waals surface area contributed by atoms with Crippen molar-refractivity contribution in [2.75, 3.05) is 9.80 Å². The van der Waals surface area contributed by atoms with E-state index in [9.17, 15) is 0 Å². The summed E-state index contributed by atoms with van der Waals surface area (Å²) < 4.78 is 9.18. The molecule has 346 valence electrons. The van der Waals surface area contributed by atoms with Crippen LogP contribution < -0.4 is 14.5 Å². The van der Waals surface area contributed by atoms with E-state index in [1.165, 1.54) is 27.8 Å². The average Bonchev–Trinajstić information content (AvgIpc) is 3.87. The fourth-order valence-corrected chi connectivity index (χ4v) is 9.48. The molecule has 0 saturated carbocycles. The molecular weight excluding hydrogens is 1010 g/mol. The number of anilines is 4. The van der Waals surface area contributed by atoms with Crippen LogP contribution in [0.4, 0.5) is 22.7 Å². The Hall–Kier alpha value is -6.42. The van der Waals surface area contributed by atoms with E-state index >= 15 is 0 Å². The monoisotopic (exact) mass is 1070 g/mol. The Balaban J connectivity index is 0.00000578. The van der Waals surface area contributed by atoms with Crippen LogP contribution in [-0.4, -0.2) is 9.55 Å². The second-order valence-electron chi connectivity index (χ2n) is 21.1. The van der Waals surface area contributed by atoms with Gasteiger partial charge in [0.05, 0.1) is 0 Å². The van der Waals surface area contributed by atoms with E-state index in [-0.39, 0.29) is 42.7 Å². The molecule has 9 aromatic rings. The molecule has 0 N–H and O–H groups in total. The molecule has 0 fully saturated rings. The summed E-state index contributed by atoms with van der Waals surface area (Å²) in [5, 5.41) is 2.23. The van der Waals surface area contributed by atoms with Gasteiger partial charge in [-0.2, -0.15) is 6.07 Å². The molecule has 0 amide bonds. The van der Waals surface area contributed by atoms with Crippen molar-refractivity contribution in [1.29, 1.82) is 0 Å². The summed E-state index contributed by atoms with van der Waals surface area (Å²) in [6.45, 7) is 24.9. The third-order valence-electron chi connectivity index (χ3n) is 13.9. The van der Waals surface area contributed by atoms with Crippen LogP contribution in [-0.2, 0) is 42.7 Å². The van der Waals surface area contributed by atoms with E-state index in [4.69, 9.17) is 9.72 Å². The number of hydrogen-bond donors (Lipinski definition) is 0. The number of ether oxygens (including phenoxy) is 1. The predicted molar refractivity (Wildman–Crippen MR) is 279 cm³/mol. The number of para-hydroxylation sites is 1. The summed E-state index contributed by atoms with van der Waals surface area (Å²) in [7, 11) is 0. The molecule has 3 heterocycles. The summed E-state index contributed by atoms with van der Waals surface area (Å²) in [4.78, 5) is 9.49. The molecule has 7 aromatic carbocycles. The molecule has 0 bridgehead atoms. The Morgan fingerprint density at radius 1 is 0.471 bits per heavy atom. The topological polar surface area (TPSA) is 33.5 Å². The largest absolute Gasteiger partial charge is 0.509 e. The van der Waals surface area contributed by atoms with E-state index < -0.39 is 0 Å². The molecule has 0 aliphatic carbocycles. The summed E-state index contributed by atoms with van der Waals surface area (Å²) in [5.74, 6) is 2.06. The number of benzene rings is 7. The Morgan fingerprint density at radius 2 is 1.06 bits per heavy atom. The van der Waals surface area contributed by atoms with Crippen molar-refractivity contribution in [3.8, 4) is 17.3 Å². The van der Waals surface area contributed by atoms with Crippen LogP contribution in [0.25, 0.3) is 27.6 Å². The Kier molecular flexibility index (Phi) is 12.1. The first kappa shape index (κ1) is 46.7. The third-order valence-corrected chi connectivity index (χ3v) is 13.9. The van der Waals surface area contributed by atoms with Gasteiger partial charge in [-0.3, -0.25) is 0 Å². The summed E-state index contributed by atoms with van der Waals surface area (Å²) >= 11 is 0. The van der Waals surface area contributed by atoms with Gasteiger partial charge in [-0.05, 0) is 91.9 Å². The summed E-state index contributed by atoms with van der Waals surface area (Å²) in [6.07, 6.45) is 1.91. The summed E-state index contributed by atoms with van der Waals surface area (Å²) in [6, 6.07) is 66.2. The molecule has 68 heavy (non-hydrogen) atoms. The van der Waals surface area contributed by atoms with Crippen molar-refractivity contribution in [2.24, 2.45) is 0 Å². The van der Waals surface area contributed by atoms with Crippen molar-refractivity contribution in [3.63, 3.8) is 0 Å². The fourth-order valence-electron chi connectivity index (χ4n) is 9.48. The summed E-state index contributed by atoms with van der Waals surface area (Å²) in [5.41, 5.74) is 12.9. The van der Waals surface area contributed by atoms with Crippen molar-refractivity contribution < 1.29 is 25.8 Å². The maximum absolute atomic E-state index is 6.97. The molecule has 0 atom stereocenters. The van der Waals surface area contributed by atoms with Crippen LogP contribution in [0.2, 0.25) is 0 Å². The number of rotatable bonds is 9. The minimum absolute atomic E-state index is 0. The normalized spacial score (nSPS) is 13.2. The zero-order valence-electron chi connectivity index (χ0n) is 40.8. The standard InChI is InChI=1S/C62H59N4O.Pt/c1-59(2,3)45-27-32-55-57(37-45)64(48-28-25-44(26-29-48)61(7,8)42-19-13-11-14-20-42)41-65(55)49-35-47(62(9,10)43-21-15-12-16-22-43)36-51(39-49)67-50-30-31-53-52-23-17-18-24-54(52)66(56(53)40-50)58-38-46(33-34-63-58)60(4,5)6;/h11-38,41H,1-10H3;/q-3;. The predicted octanol–water partition coefficient (Wildman–Crippen LogP) is 16.2. The van der Waals surface area contributed by atoms with E-state index in [2.05, 4.69) is 260 Å². The molecule has 6 heteroatoms. The number of nitrogens with zero attached hydrogens (tertiary/aromatic N) is 4. The van der Waals surface area contributed by atoms with Crippen LogP contribution in [0.1, 0.15) is 103 Å². The molecule has 0 saturated heterocycles. The van der Waals surface area contributed by atoms with E-state index in [0.29, 0.717) is 11.5 Å². The third kappa shape index (κ3) is 8.56. The van der Waals surface area contributed by atoms with Crippen LogP contribution in [0.5, 0.6) is 11.5 Å². The van der Waals surface area contributed by atoms with Gasteiger partial charge in [0.2, 0.25) is 0 Å². The van der Waals surface area contributed by atoms with Crippen LogP contribution in [0.15, 0.2) is 170 Å². The molecule has 1 aliphatic heterocycles. The number of fused-ring (bicyclic) bond motifs is 4. The molecule has 2 aromatic heterocycles. The van der Waals surface area contributed by atoms with Gasteiger partial charge in [0, 0.05) is 66.8 Å². The first-order chi connectivity index (χ1) is 32.0. The zero-order valence-corrected chi connectivity index (χ0v) is 43.0. The molecule has 1 aliphatic rings. The van der Waals surface area contributed by atoms with Crippen LogP contribution in [0, 0.1) is 18.8 Å². The van der Waals surface area contributed by atoms with Gasteiger partial charge < -0.3 is 19.1 Å². The van der Waals surface area contributed by atoms with Gasteiger partial charge >= 0.3 is 0 Å². The number of pyridine rings is 1. The zero-order chi connectivity index (χ0) is 46.9. The maximum atomic E-state index is 6.97. The molecule has 5 nitrogen and oxygen atoms in total.